The van der Waals surface area contributed by atoms with E-state index in [0.29, 0.717) is 17.8 Å². The van der Waals surface area contributed by atoms with Crippen LogP contribution in [-0.2, 0) is 20.9 Å². The summed E-state index contributed by atoms with van der Waals surface area (Å²) >= 11 is 1.43. The van der Waals surface area contributed by atoms with E-state index >= 15 is 0 Å². The van der Waals surface area contributed by atoms with Gasteiger partial charge in [-0.2, -0.15) is 4.99 Å². The van der Waals surface area contributed by atoms with Gasteiger partial charge in [0.1, 0.15) is 5.75 Å². The third-order valence-corrected chi connectivity index (χ3v) is 4.68. The average molecular weight is 350 g/mol. The summed E-state index contributed by atoms with van der Waals surface area (Å²) in [5.74, 6) is 0.283. The van der Waals surface area contributed by atoms with Crippen LogP contribution in [0.5, 0.6) is 5.75 Å². The summed E-state index contributed by atoms with van der Waals surface area (Å²) in [7, 11) is 2.97. The van der Waals surface area contributed by atoms with Crippen molar-refractivity contribution in [3.05, 3.63) is 23.0 Å². The molecule has 1 aromatic heterocycles. The highest BCUT2D eigenvalue weighted by Crippen LogP contribution is 2.23. The summed E-state index contributed by atoms with van der Waals surface area (Å²) in [5.41, 5.74) is 0.894. The molecule has 0 aliphatic carbocycles. The molecule has 0 saturated carbocycles. The highest BCUT2D eigenvalue weighted by atomic mass is 32.1. The zero-order valence-corrected chi connectivity index (χ0v) is 15.0. The number of aryl methyl sites for hydroxylation is 1. The van der Waals surface area contributed by atoms with Crippen LogP contribution in [0.1, 0.15) is 32.6 Å². The van der Waals surface area contributed by atoms with Crippen molar-refractivity contribution in [3.63, 3.8) is 0 Å². The number of methoxy groups -OCH3 is 2. The lowest BCUT2D eigenvalue weighted by Gasteiger charge is -2.05. The first-order valence-corrected chi connectivity index (χ1v) is 8.72. The zero-order chi connectivity index (χ0) is 17.5. The Bertz CT molecular complexity index is 791. The monoisotopic (exact) mass is 350 g/mol. The van der Waals surface area contributed by atoms with Gasteiger partial charge >= 0.3 is 5.97 Å². The minimum Gasteiger partial charge on any atom is -0.497 e. The number of nitrogens with zero attached hydrogens (tertiary/aromatic N) is 2. The van der Waals surface area contributed by atoms with Crippen molar-refractivity contribution >= 4 is 33.4 Å². The van der Waals surface area contributed by atoms with Crippen LogP contribution in [-0.4, -0.2) is 30.7 Å². The van der Waals surface area contributed by atoms with Crippen molar-refractivity contribution in [2.45, 2.75) is 39.2 Å². The fourth-order valence-electron chi connectivity index (χ4n) is 2.27. The molecule has 1 aromatic carbocycles. The van der Waals surface area contributed by atoms with Gasteiger partial charge < -0.3 is 14.0 Å². The van der Waals surface area contributed by atoms with E-state index < -0.39 is 0 Å². The number of ether oxygens (including phenoxy) is 2. The second-order valence-electron chi connectivity index (χ2n) is 5.31. The molecule has 0 N–H and O–H groups in total. The van der Waals surface area contributed by atoms with E-state index in [-0.39, 0.29) is 18.3 Å². The second-order valence-corrected chi connectivity index (χ2v) is 6.31. The lowest BCUT2D eigenvalue weighted by atomic mass is 10.2. The maximum absolute atomic E-state index is 12.0. The maximum Gasteiger partial charge on any atom is 0.307 e. The van der Waals surface area contributed by atoms with Gasteiger partial charge in [0.05, 0.1) is 30.9 Å². The summed E-state index contributed by atoms with van der Waals surface area (Å²) in [6, 6.07) is 5.69. The molecule has 2 rings (SSSR count). The molecule has 6 nitrogen and oxygen atoms in total. The van der Waals surface area contributed by atoms with Crippen LogP contribution >= 0.6 is 11.3 Å². The van der Waals surface area contributed by atoms with Crippen LogP contribution in [0.2, 0.25) is 0 Å². The molecule has 0 unspecified atom stereocenters. The number of hydrogen-bond acceptors (Lipinski definition) is 5. The molecule has 0 saturated heterocycles. The molecule has 0 spiro atoms. The minimum absolute atomic E-state index is 0.137. The third kappa shape index (κ3) is 4.44. The first-order chi connectivity index (χ1) is 11.6. The molecule has 7 heteroatoms. The summed E-state index contributed by atoms with van der Waals surface area (Å²) in [6.07, 6.45) is 2.43. The fourth-order valence-corrected chi connectivity index (χ4v) is 3.33. The molecule has 24 heavy (non-hydrogen) atoms. The van der Waals surface area contributed by atoms with E-state index in [1.807, 2.05) is 29.7 Å². The maximum atomic E-state index is 12.0. The number of aromatic nitrogens is 1. The van der Waals surface area contributed by atoms with Gasteiger partial charge in [0.15, 0.2) is 4.80 Å². The summed E-state index contributed by atoms with van der Waals surface area (Å²) in [4.78, 5) is 28.4. The molecule has 1 amide bonds. The molecule has 0 radical (unpaired) electrons. The molecule has 130 valence electrons. The van der Waals surface area contributed by atoms with Gasteiger partial charge in [-0.25, -0.2) is 0 Å². The van der Waals surface area contributed by atoms with Crippen molar-refractivity contribution < 1.29 is 19.1 Å². The molecule has 1 heterocycles. The molecular formula is C17H22N2O4S. The number of fused-ring (bicyclic) bond motifs is 1. The summed E-state index contributed by atoms with van der Waals surface area (Å²) in [6.45, 7) is 2.44. The molecular weight excluding hydrogens is 328 g/mol. The Morgan fingerprint density at radius 1 is 1.25 bits per heavy atom. The number of carbonyl (C=O) groups excluding carboxylic acids is 2. The van der Waals surface area contributed by atoms with E-state index in [1.54, 1.807) is 7.11 Å². The fraction of sp³-hybridized carbons (Fsp3) is 0.471. The molecule has 0 bridgehead atoms. The van der Waals surface area contributed by atoms with Crippen molar-refractivity contribution in [2.75, 3.05) is 14.2 Å². The first-order valence-electron chi connectivity index (χ1n) is 7.90. The Morgan fingerprint density at radius 3 is 2.71 bits per heavy atom. The number of esters is 1. The molecule has 0 atom stereocenters. The normalized spacial score (nSPS) is 11.7. The van der Waals surface area contributed by atoms with Crippen molar-refractivity contribution in [3.8, 4) is 5.75 Å². The number of rotatable bonds is 7. The highest BCUT2D eigenvalue weighted by molar-refractivity contribution is 7.16. The predicted octanol–water partition coefficient (Wildman–Crippen LogP) is 2.89. The van der Waals surface area contributed by atoms with Gasteiger partial charge in [-0.15, -0.1) is 0 Å². The van der Waals surface area contributed by atoms with E-state index in [2.05, 4.69) is 4.99 Å². The Morgan fingerprint density at radius 2 is 2.04 bits per heavy atom. The van der Waals surface area contributed by atoms with Crippen LogP contribution in [0.15, 0.2) is 23.2 Å². The SMILES string of the molecule is CCCCC(=O)N=c1sc2ccc(OC)cc2n1CCC(=O)OC. The smallest absolute Gasteiger partial charge is 0.307 e. The van der Waals surface area contributed by atoms with Gasteiger partial charge in [-0.05, 0) is 18.6 Å². The summed E-state index contributed by atoms with van der Waals surface area (Å²) in [5, 5.41) is 0. The standard InChI is InChI=1S/C17H22N2O4S/c1-4-5-6-15(20)18-17-19(10-9-16(21)23-3)13-11-12(22-2)7-8-14(13)24-17/h7-8,11H,4-6,9-10H2,1-3H3. The van der Waals surface area contributed by atoms with Crippen molar-refractivity contribution in [1.29, 1.82) is 0 Å². The minimum atomic E-state index is -0.298. The third-order valence-electron chi connectivity index (χ3n) is 3.62. The lowest BCUT2D eigenvalue weighted by Crippen LogP contribution is -2.19. The number of hydrogen-bond donors (Lipinski definition) is 0. The Balaban J connectivity index is 2.45. The van der Waals surface area contributed by atoms with Crippen LogP contribution in [0, 0.1) is 0 Å². The van der Waals surface area contributed by atoms with E-state index in [4.69, 9.17) is 9.47 Å². The number of thiazole rings is 1. The first kappa shape index (κ1) is 18.2. The van der Waals surface area contributed by atoms with E-state index in [9.17, 15) is 9.59 Å². The average Bonchev–Trinajstić information content (AvgIpc) is 2.93. The van der Waals surface area contributed by atoms with Crippen LogP contribution in [0.4, 0.5) is 0 Å². The van der Waals surface area contributed by atoms with E-state index in [0.717, 1.165) is 28.8 Å². The van der Waals surface area contributed by atoms with Crippen LogP contribution in [0.25, 0.3) is 10.2 Å². The van der Waals surface area contributed by atoms with Gasteiger partial charge in [-0.1, -0.05) is 24.7 Å². The predicted molar refractivity (Wildman–Crippen MR) is 93.1 cm³/mol. The highest BCUT2D eigenvalue weighted by Gasteiger charge is 2.11. The number of amides is 1. The van der Waals surface area contributed by atoms with Crippen LogP contribution in [0.3, 0.4) is 0 Å². The summed E-state index contributed by atoms with van der Waals surface area (Å²) < 4.78 is 12.8. The largest absolute Gasteiger partial charge is 0.497 e. The van der Waals surface area contributed by atoms with Gasteiger partial charge in [0.2, 0.25) is 5.91 Å². The number of unbranched alkanes of at least 4 members (excludes halogenated alkanes) is 1. The molecule has 2 aromatic rings. The Kier molecular flexibility index (Phi) is 6.54. The molecule has 0 fully saturated rings. The topological polar surface area (TPSA) is 69.9 Å². The molecule has 0 aliphatic rings. The van der Waals surface area contributed by atoms with Gasteiger partial charge in [-0.3, -0.25) is 9.59 Å². The van der Waals surface area contributed by atoms with Crippen LogP contribution < -0.4 is 9.54 Å². The second kappa shape index (κ2) is 8.63. The number of benzene rings is 1. The van der Waals surface area contributed by atoms with E-state index in [1.165, 1.54) is 18.4 Å². The van der Waals surface area contributed by atoms with Crippen molar-refractivity contribution in [2.24, 2.45) is 4.99 Å². The van der Waals surface area contributed by atoms with Crippen molar-refractivity contribution in [1.82, 2.24) is 4.57 Å². The molecule has 0 aliphatic heterocycles. The zero-order valence-electron chi connectivity index (χ0n) is 14.2. The lowest BCUT2D eigenvalue weighted by molar-refractivity contribution is -0.140. The quantitative estimate of drug-likeness (QED) is 0.720. The Labute approximate surface area is 144 Å². The van der Waals surface area contributed by atoms with Gasteiger partial charge in [0.25, 0.3) is 0 Å². The number of carbonyl (C=O) groups is 2. The Hall–Kier alpha value is -2.15. The van der Waals surface area contributed by atoms with Gasteiger partial charge in [0, 0.05) is 19.0 Å².